The number of carbonyl (C=O) groups is 3. The number of halogens is 2. The van der Waals surface area contributed by atoms with Gasteiger partial charge in [0.2, 0.25) is 0 Å². The van der Waals surface area contributed by atoms with E-state index in [0.717, 1.165) is 10.5 Å². The first kappa shape index (κ1) is 35.3. The molecular weight excluding hydrogens is 641 g/mol. The van der Waals surface area contributed by atoms with E-state index in [1.807, 2.05) is 18.2 Å². The maximum absolute atomic E-state index is 14.1. The molecule has 2 amide bonds. The number of imide groups is 1. The average Bonchev–Trinajstić information content (AvgIpc) is 3.33. The van der Waals surface area contributed by atoms with Crippen LogP contribution in [-0.4, -0.2) is 43.0 Å². The Hall–Kier alpha value is -4.19. The van der Waals surface area contributed by atoms with E-state index in [2.05, 4.69) is 18.0 Å². The van der Waals surface area contributed by atoms with Crippen molar-refractivity contribution in [1.29, 1.82) is 0 Å². The number of fused-ring (bicyclic) bond motifs is 1. The number of hydrogen-bond donors (Lipinski definition) is 1. The maximum Gasteiger partial charge on any atom is 0.419 e. The molecule has 0 saturated heterocycles. The van der Waals surface area contributed by atoms with Gasteiger partial charge >= 0.3 is 12.2 Å². The van der Waals surface area contributed by atoms with Crippen molar-refractivity contribution in [2.24, 2.45) is 0 Å². The van der Waals surface area contributed by atoms with E-state index < -0.39 is 29.3 Å². The zero-order valence-electron chi connectivity index (χ0n) is 25.6. The highest BCUT2D eigenvalue weighted by atomic mass is 35.5. The Labute approximate surface area is 276 Å². The van der Waals surface area contributed by atoms with E-state index in [-0.39, 0.29) is 12.1 Å². The zero-order chi connectivity index (χ0) is 33.5. The lowest BCUT2D eigenvalue weighted by molar-refractivity contribution is 0.0227. The van der Waals surface area contributed by atoms with Gasteiger partial charge < -0.3 is 14.3 Å². The molecule has 0 fully saturated rings. The van der Waals surface area contributed by atoms with Crippen LogP contribution in [0.5, 0.6) is 5.75 Å². The van der Waals surface area contributed by atoms with Crippen molar-refractivity contribution in [1.82, 2.24) is 9.47 Å². The predicted octanol–water partition coefficient (Wildman–Crippen LogP) is 8.38. The summed E-state index contributed by atoms with van der Waals surface area (Å²) in [6, 6.07) is 18.8. The molecule has 0 aliphatic rings. The third-order valence-corrected chi connectivity index (χ3v) is 6.23. The molecule has 10 nitrogen and oxygen atoms in total. The van der Waals surface area contributed by atoms with E-state index in [4.69, 9.17) is 41.7 Å². The fraction of sp³-hybridized carbons (Fsp3) is 0.281. The fourth-order valence-corrected chi connectivity index (χ4v) is 4.58. The Bertz CT molecular complexity index is 1660. The Morgan fingerprint density at radius 3 is 2.02 bits per heavy atom. The summed E-state index contributed by atoms with van der Waals surface area (Å²) in [4.78, 5) is 47.3. The minimum absolute atomic E-state index is 0.0383. The molecule has 1 N–H and O–H groups in total. The topological polar surface area (TPSA) is 116 Å². The molecule has 4 aromatic rings. The first-order valence-electron chi connectivity index (χ1n) is 13.6. The van der Waals surface area contributed by atoms with Crippen LogP contribution >= 0.6 is 23.2 Å². The van der Waals surface area contributed by atoms with Gasteiger partial charge in [0.25, 0.3) is 5.91 Å². The number of carbonyl (C=O) groups excluding carboxylic acids is 3. The highest BCUT2D eigenvalue weighted by Gasteiger charge is 2.31. The molecule has 1 aromatic heterocycles. The van der Waals surface area contributed by atoms with E-state index >= 15 is 0 Å². The SMILES string of the molecule is CC(C)(C)OC(=O)N(Cc1ccccc1)C(=O)c1cn(C(=O)OC(C)(C)C)c2cc(NOc3cc(Cl)cc(Cl)c3)ccc12.O=S. The lowest BCUT2D eigenvalue weighted by Crippen LogP contribution is -2.40. The highest BCUT2D eigenvalue weighted by molar-refractivity contribution is 7.44. The monoisotopic (exact) mass is 673 g/mol. The number of nitrogens with one attached hydrogen (secondary N) is 1. The molecule has 0 bridgehead atoms. The van der Waals surface area contributed by atoms with E-state index in [0.29, 0.717) is 32.4 Å². The average molecular weight is 675 g/mol. The van der Waals surface area contributed by atoms with Gasteiger partial charge in [-0.3, -0.25) is 9.36 Å². The summed E-state index contributed by atoms with van der Waals surface area (Å²) in [5.41, 5.74) is 2.79. The molecular formula is C32H33Cl2N3O7S. The van der Waals surface area contributed by atoms with Crippen LogP contribution in [0.15, 0.2) is 72.9 Å². The molecule has 0 unspecified atom stereocenters. The summed E-state index contributed by atoms with van der Waals surface area (Å²) < 4.78 is 20.3. The molecule has 3 aromatic carbocycles. The number of nitrogens with zero attached hydrogens (tertiary/aromatic N) is 2. The van der Waals surface area contributed by atoms with Crippen molar-refractivity contribution in [3.8, 4) is 5.75 Å². The van der Waals surface area contributed by atoms with Gasteiger partial charge in [-0.25, -0.2) is 20.0 Å². The molecule has 0 aliphatic carbocycles. The van der Waals surface area contributed by atoms with Crippen LogP contribution in [0.25, 0.3) is 10.9 Å². The van der Waals surface area contributed by atoms with Crippen molar-refractivity contribution in [2.45, 2.75) is 59.3 Å². The first-order valence-corrected chi connectivity index (χ1v) is 14.7. The molecule has 0 atom stereocenters. The number of anilines is 1. The van der Waals surface area contributed by atoms with Crippen LogP contribution < -0.4 is 10.3 Å². The van der Waals surface area contributed by atoms with Crippen LogP contribution in [0.3, 0.4) is 0 Å². The van der Waals surface area contributed by atoms with Crippen LogP contribution in [-0.2, 0) is 28.6 Å². The molecule has 1 heterocycles. The summed E-state index contributed by atoms with van der Waals surface area (Å²) in [7, 11) is 0. The van der Waals surface area contributed by atoms with Crippen molar-refractivity contribution < 1.29 is 32.9 Å². The van der Waals surface area contributed by atoms with Crippen LogP contribution in [0.4, 0.5) is 15.3 Å². The van der Waals surface area contributed by atoms with Crippen molar-refractivity contribution in [3.05, 3.63) is 94.1 Å². The summed E-state index contributed by atoms with van der Waals surface area (Å²) in [6.07, 6.45) is -0.153. The molecule has 238 valence electrons. The van der Waals surface area contributed by atoms with Gasteiger partial charge in [-0.15, -0.1) is 0 Å². The predicted molar refractivity (Wildman–Crippen MR) is 175 cm³/mol. The normalized spacial score (nSPS) is 11.2. The number of hydrogen-bond acceptors (Lipinski definition) is 9. The number of amides is 2. The van der Waals surface area contributed by atoms with Gasteiger partial charge in [-0.1, -0.05) is 53.5 Å². The lowest BCUT2D eigenvalue weighted by atomic mass is 10.1. The smallest absolute Gasteiger partial charge is 0.419 e. The molecule has 0 saturated carbocycles. The van der Waals surface area contributed by atoms with Gasteiger partial charge in [-0.05, 0) is 71.4 Å². The number of aromatic nitrogens is 1. The third-order valence-electron chi connectivity index (χ3n) is 5.79. The largest absolute Gasteiger partial charge is 0.443 e. The van der Waals surface area contributed by atoms with Crippen molar-refractivity contribution in [3.63, 3.8) is 0 Å². The van der Waals surface area contributed by atoms with Crippen LogP contribution in [0.2, 0.25) is 10.0 Å². The fourth-order valence-electron chi connectivity index (χ4n) is 4.08. The van der Waals surface area contributed by atoms with Crippen molar-refractivity contribution >= 4 is 70.4 Å². The molecule has 0 aliphatic heterocycles. The highest BCUT2D eigenvalue weighted by Crippen LogP contribution is 2.29. The van der Waals surface area contributed by atoms with E-state index in [9.17, 15) is 14.4 Å². The molecule has 0 radical (unpaired) electrons. The zero-order valence-corrected chi connectivity index (χ0v) is 27.9. The Kier molecular flexibility index (Phi) is 11.5. The van der Waals surface area contributed by atoms with E-state index in [1.54, 1.807) is 90.1 Å². The first-order chi connectivity index (χ1) is 21.1. The molecule has 45 heavy (non-hydrogen) atoms. The van der Waals surface area contributed by atoms with Gasteiger partial charge in [-0.2, -0.15) is 4.21 Å². The van der Waals surface area contributed by atoms with Gasteiger partial charge in [0, 0.05) is 33.8 Å². The second-order valence-corrected chi connectivity index (χ2v) is 12.7. The standard InChI is InChI=1S/C32H33Cl2N3O6.OS/c1-31(2,3)41-29(39)36-19-26(28(38)37(30(40)42-32(4,5)6)18-20-10-8-7-9-11-20)25-13-12-23(17-27(25)36)35-43-24-15-21(33)14-22(34)16-24;1-2/h7-17,19,35H,18H2,1-6H3;. The Morgan fingerprint density at radius 1 is 0.844 bits per heavy atom. The van der Waals surface area contributed by atoms with Gasteiger partial charge in [0.15, 0.2) is 18.3 Å². The minimum atomic E-state index is -0.843. The number of rotatable bonds is 6. The Balaban J connectivity index is 0.00000271. The third kappa shape index (κ3) is 9.90. The second kappa shape index (κ2) is 14.7. The molecule has 0 spiro atoms. The van der Waals surface area contributed by atoms with E-state index in [1.165, 1.54) is 10.8 Å². The quantitative estimate of drug-likeness (QED) is 0.201. The lowest BCUT2D eigenvalue weighted by Gasteiger charge is -2.26. The molecule has 4 rings (SSSR count). The van der Waals surface area contributed by atoms with Gasteiger partial charge in [0.1, 0.15) is 11.2 Å². The molecule has 13 heteroatoms. The van der Waals surface area contributed by atoms with Gasteiger partial charge in [0.05, 0.1) is 23.3 Å². The van der Waals surface area contributed by atoms with Crippen LogP contribution in [0.1, 0.15) is 57.5 Å². The second-order valence-electron chi connectivity index (χ2n) is 11.8. The summed E-state index contributed by atoms with van der Waals surface area (Å²) >= 11 is 15.0. The summed E-state index contributed by atoms with van der Waals surface area (Å²) in [5.74, 6) is -0.277. The maximum atomic E-state index is 14.1. The Morgan fingerprint density at radius 2 is 1.44 bits per heavy atom. The summed E-state index contributed by atoms with van der Waals surface area (Å²) in [5, 5.41) is 1.20. The number of benzene rings is 3. The van der Waals surface area contributed by atoms with Crippen molar-refractivity contribution in [2.75, 3.05) is 5.48 Å². The van der Waals surface area contributed by atoms with Crippen LogP contribution in [0, 0.1) is 0 Å². The summed E-state index contributed by atoms with van der Waals surface area (Å²) in [6.45, 7) is 10.3. The minimum Gasteiger partial charge on any atom is -0.443 e. The number of ether oxygens (including phenoxy) is 2.